The van der Waals surface area contributed by atoms with Crippen LogP contribution in [-0.2, 0) is 4.79 Å². The highest BCUT2D eigenvalue weighted by Gasteiger charge is 2.19. The summed E-state index contributed by atoms with van der Waals surface area (Å²) >= 11 is 2.66. The van der Waals surface area contributed by atoms with Crippen molar-refractivity contribution in [3.05, 3.63) is 30.3 Å². The second-order valence-electron chi connectivity index (χ2n) is 4.39. The van der Waals surface area contributed by atoms with Crippen molar-refractivity contribution >= 4 is 39.8 Å². The number of amides is 1. The standard InChI is InChI=1S/C13H16N4OS2/c1-9(2)17(10-6-4-3-5-7-10)11(18)8-19-13-16-15-12(14)20-13/h3-7,9H,8H2,1-2H3,(H2,14,15). The van der Waals surface area contributed by atoms with Gasteiger partial charge >= 0.3 is 0 Å². The molecule has 1 aromatic heterocycles. The van der Waals surface area contributed by atoms with Crippen LogP contribution in [-0.4, -0.2) is 27.9 Å². The number of hydrogen-bond acceptors (Lipinski definition) is 6. The molecule has 0 saturated heterocycles. The van der Waals surface area contributed by atoms with Gasteiger partial charge in [-0.25, -0.2) is 0 Å². The second-order valence-corrected chi connectivity index (χ2v) is 6.62. The number of rotatable bonds is 5. The van der Waals surface area contributed by atoms with Gasteiger partial charge in [-0.3, -0.25) is 4.79 Å². The molecular weight excluding hydrogens is 292 g/mol. The van der Waals surface area contributed by atoms with E-state index >= 15 is 0 Å². The Bertz CT molecular complexity index is 571. The lowest BCUT2D eigenvalue weighted by Crippen LogP contribution is -2.38. The molecule has 1 aromatic carbocycles. The van der Waals surface area contributed by atoms with Crippen molar-refractivity contribution in [3.8, 4) is 0 Å². The van der Waals surface area contributed by atoms with Gasteiger partial charge in [-0.2, -0.15) is 0 Å². The molecule has 0 saturated carbocycles. The van der Waals surface area contributed by atoms with Gasteiger partial charge < -0.3 is 10.6 Å². The number of nitrogen functional groups attached to an aromatic ring is 1. The van der Waals surface area contributed by atoms with Gasteiger partial charge in [0.25, 0.3) is 0 Å². The van der Waals surface area contributed by atoms with Gasteiger partial charge in [-0.1, -0.05) is 41.3 Å². The van der Waals surface area contributed by atoms with Gasteiger partial charge in [0.2, 0.25) is 11.0 Å². The van der Waals surface area contributed by atoms with Crippen LogP contribution < -0.4 is 10.6 Å². The molecule has 106 valence electrons. The summed E-state index contributed by atoms with van der Waals surface area (Å²) in [6.07, 6.45) is 0. The van der Waals surface area contributed by atoms with Gasteiger partial charge in [0.15, 0.2) is 4.34 Å². The van der Waals surface area contributed by atoms with Crippen molar-refractivity contribution in [1.29, 1.82) is 0 Å². The molecule has 2 N–H and O–H groups in total. The summed E-state index contributed by atoms with van der Waals surface area (Å²) in [6.45, 7) is 4.00. The topological polar surface area (TPSA) is 72.1 Å². The normalized spacial score (nSPS) is 10.8. The van der Waals surface area contributed by atoms with Crippen LogP contribution in [0.15, 0.2) is 34.7 Å². The summed E-state index contributed by atoms with van der Waals surface area (Å²) in [5, 5.41) is 8.05. The van der Waals surface area contributed by atoms with Crippen LogP contribution >= 0.6 is 23.1 Å². The van der Waals surface area contributed by atoms with E-state index in [4.69, 9.17) is 5.73 Å². The number of carbonyl (C=O) groups is 1. The van der Waals surface area contributed by atoms with E-state index < -0.39 is 0 Å². The fourth-order valence-electron chi connectivity index (χ4n) is 1.79. The SMILES string of the molecule is CC(C)N(C(=O)CSc1nnc(N)s1)c1ccccc1. The third-order valence-corrected chi connectivity index (χ3v) is 4.43. The maximum atomic E-state index is 12.4. The smallest absolute Gasteiger partial charge is 0.237 e. The third-order valence-electron chi connectivity index (χ3n) is 2.56. The first-order valence-electron chi connectivity index (χ1n) is 6.17. The zero-order chi connectivity index (χ0) is 14.5. The van der Waals surface area contributed by atoms with Gasteiger partial charge in [0, 0.05) is 11.7 Å². The molecule has 1 amide bonds. The highest BCUT2D eigenvalue weighted by atomic mass is 32.2. The molecule has 0 bridgehead atoms. The Balaban J connectivity index is 2.04. The summed E-state index contributed by atoms with van der Waals surface area (Å²) in [5.41, 5.74) is 6.43. The average Bonchev–Trinajstić information content (AvgIpc) is 2.83. The monoisotopic (exact) mass is 308 g/mol. The van der Waals surface area contributed by atoms with Crippen LogP contribution in [0.25, 0.3) is 0 Å². The van der Waals surface area contributed by atoms with E-state index in [1.165, 1.54) is 23.1 Å². The van der Waals surface area contributed by atoms with Crippen LogP contribution in [0.2, 0.25) is 0 Å². The van der Waals surface area contributed by atoms with E-state index in [2.05, 4.69) is 10.2 Å². The molecule has 0 spiro atoms. The van der Waals surface area contributed by atoms with Gasteiger partial charge in [-0.15, -0.1) is 10.2 Å². The Morgan fingerprint density at radius 3 is 2.60 bits per heavy atom. The van der Waals surface area contributed by atoms with Crippen LogP contribution in [0.3, 0.4) is 0 Å². The van der Waals surface area contributed by atoms with Gasteiger partial charge in [0.05, 0.1) is 5.75 Å². The molecule has 20 heavy (non-hydrogen) atoms. The molecule has 1 heterocycles. The lowest BCUT2D eigenvalue weighted by molar-refractivity contribution is -0.116. The number of para-hydroxylation sites is 1. The molecule has 0 atom stereocenters. The highest BCUT2D eigenvalue weighted by molar-refractivity contribution is 8.01. The molecule has 0 fully saturated rings. The average molecular weight is 308 g/mol. The van der Waals surface area contributed by atoms with Crippen molar-refractivity contribution in [2.24, 2.45) is 0 Å². The molecule has 0 aliphatic rings. The predicted octanol–water partition coefficient (Wildman–Crippen LogP) is 2.65. The molecule has 0 unspecified atom stereocenters. The van der Waals surface area contributed by atoms with E-state index in [1.54, 1.807) is 4.90 Å². The minimum Gasteiger partial charge on any atom is -0.374 e. The zero-order valence-electron chi connectivity index (χ0n) is 11.3. The van der Waals surface area contributed by atoms with Gasteiger partial charge in [0.1, 0.15) is 0 Å². The number of benzene rings is 1. The van der Waals surface area contributed by atoms with Crippen LogP contribution in [0, 0.1) is 0 Å². The predicted molar refractivity (Wildman–Crippen MR) is 84.1 cm³/mol. The van der Waals surface area contributed by atoms with Crippen molar-refractivity contribution in [2.45, 2.75) is 24.2 Å². The first-order valence-corrected chi connectivity index (χ1v) is 7.97. The largest absolute Gasteiger partial charge is 0.374 e. The fraction of sp³-hybridized carbons (Fsp3) is 0.308. The van der Waals surface area contributed by atoms with E-state index in [9.17, 15) is 4.79 Å². The quantitative estimate of drug-likeness (QED) is 0.860. The zero-order valence-corrected chi connectivity index (χ0v) is 12.9. The van der Waals surface area contributed by atoms with Crippen molar-refractivity contribution in [2.75, 3.05) is 16.4 Å². The Morgan fingerprint density at radius 1 is 1.35 bits per heavy atom. The Morgan fingerprint density at radius 2 is 2.05 bits per heavy atom. The molecule has 0 aliphatic heterocycles. The maximum Gasteiger partial charge on any atom is 0.237 e. The number of hydrogen-bond donors (Lipinski definition) is 1. The number of anilines is 2. The van der Waals surface area contributed by atoms with Crippen molar-refractivity contribution in [1.82, 2.24) is 10.2 Å². The first-order chi connectivity index (χ1) is 9.58. The van der Waals surface area contributed by atoms with Crippen molar-refractivity contribution < 1.29 is 4.79 Å². The lowest BCUT2D eigenvalue weighted by atomic mass is 10.2. The number of nitrogens with two attached hydrogens (primary N) is 1. The van der Waals surface area contributed by atoms with Crippen molar-refractivity contribution in [3.63, 3.8) is 0 Å². The summed E-state index contributed by atoms with van der Waals surface area (Å²) in [4.78, 5) is 14.2. The second kappa shape index (κ2) is 6.71. The molecule has 2 rings (SSSR count). The Labute approximate surface area is 126 Å². The number of aromatic nitrogens is 2. The summed E-state index contributed by atoms with van der Waals surface area (Å²) in [5.74, 6) is 0.367. The van der Waals surface area contributed by atoms with Crippen LogP contribution in [0.4, 0.5) is 10.8 Å². The molecule has 5 nitrogen and oxygen atoms in total. The maximum absolute atomic E-state index is 12.4. The summed E-state index contributed by atoms with van der Waals surface area (Å²) in [6, 6.07) is 9.76. The minimum absolute atomic E-state index is 0.0463. The minimum atomic E-state index is 0.0463. The van der Waals surface area contributed by atoms with E-state index in [0.717, 1.165) is 5.69 Å². The van der Waals surface area contributed by atoms with E-state index in [0.29, 0.717) is 15.2 Å². The van der Waals surface area contributed by atoms with E-state index in [-0.39, 0.29) is 11.9 Å². The summed E-state index contributed by atoms with van der Waals surface area (Å²) in [7, 11) is 0. The van der Waals surface area contributed by atoms with E-state index in [1.807, 2.05) is 44.2 Å². The fourth-order valence-corrected chi connectivity index (χ4v) is 3.29. The molecule has 0 aliphatic carbocycles. The molecule has 2 aromatic rings. The lowest BCUT2D eigenvalue weighted by Gasteiger charge is -2.26. The van der Waals surface area contributed by atoms with Crippen LogP contribution in [0.1, 0.15) is 13.8 Å². The molecule has 7 heteroatoms. The third kappa shape index (κ3) is 3.71. The number of carbonyl (C=O) groups excluding carboxylic acids is 1. The molecular formula is C13H16N4OS2. The summed E-state index contributed by atoms with van der Waals surface area (Å²) < 4.78 is 0.715. The van der Waals surface area contributed by atoms with Gasteiger partial charge in [-0.05, 0) is 26.0 Å². The van der Waals surface area contributed by atoms with Crippen LogP contribution in [0.5, 0.6) is 0 Å². The Kier molecular flexibility index (Phi) is 4.97. The highest BCUT2D eigenvalue weighted by Crippen LogP contribution is 2.25. The number of nitrogens with zero attached hydrogens (tertiary/aromatic N) is 3. The Hall–Kier alpha value is -1.60. The number of thioether (sulfide) groups is 1. The first kappa shape index (κ1) is 14.8. The molecule has 0 radical (unpaired) electrons.